The Bertz CT molecular complexity index is 250. The second kappa shape index (κ2) is 3.80. The van der Waals surface area contributed by atoms with Crippen LogP contribution in [0.4, 0.5) is 0 Å². The van der Waals surface area contributed by atoms with E-state index in [1.165, 1.54) is 0 Å². The van der Waals surface area contributed by atoms with Crippen molar-refractivity contribution < 1.29 is 0 Å². The maximum atomic E-state index is 6.12. The summed E-state index contributed by atoms with van der Waals surface area (Å²) in [6.07, 6.45) is 5.37. The van der Waals surface area contributed by atoms with Gasteiger partial charge in [0.2, 0.25) is 0 Å². The molecule has 3 atom stereocenters. The van der Waals surface area contributed by atoms with Crippen molar-refractivity contribution in [2.24, 2.45) is 28.9 Å². The van der Waals surface area contributed by atoms with Crippen molar-refractivity contribution in [3.63, 3.8) is 0 Å². The molecule has 2 unspecified atom stereocenters. The molecule has 0 aromatic rings. The van der Waals surface area contributed by atoms with Crippen LogP contribution in [0.2, 0.25) is 0 Å². The predicted molar refractivity (Wildman–Crippen MR) is 62.7 cm³/mol. The average molecular weight is 193 g/mol. The summed E-state index contributed by atoms with van der Waals surface area (Å²) in [6.45, 7) is 13.0. The summed E-state index contributed by atoms with van der Waals surface area (Å²) in [5.74, 6) is 1.83. The van der Waals surface area contributed by atoms with E-state index in [4.69, 9.17) is 5.73 Å². The third kappa shape index (κ3) is 1.73. The summed E-state index contributed by atoms with van der Waals surface area (Å²) in [7, 11) is 0. The van der Waals surface area contributed by atoms with Gasteiger partial charge in [-0.3, -0.25) is 0 Å². The van der Waals surface area contributed by atoms with Gasteiger partial charge in [-0.1, -0.05) is 39.8 Å². The molecule has 0 spiro atoms. The molecule has 0 bridgehead atoms. The Hall–Kier alpha value is -0.720. The smallest absolute Gasteiger partial charge is 0.0104 e. The molecular weight excluding hydrogens is 170 g/mol. The van der Waals surface area contributed by atoms with Crippen LogP contribution in [0.1, 0.15) is 34.1 Å². The molecule has 0 fully saturated rings. The van der Waals surface area contributed by atoms with Crippen LogP contribution in [0.15, 0.2) is 24.4 Å². The van der Waals surface area contributed by atoms with Crippen LogP contribution in [-0.4, -0.2) is 0 Å². The lowest BCUT2D eigenvalue weighted by Crippen LogP contribution is -2.33. The largest absolute Gasteiger partial charge is 0.402 e. The Morgan fingerprint density at radius 3 is 2.57 bits per heavy atom. The van der Waals surface area contributed by atoms with Crippen molar-refractivity contribution in [1.82, 2.24) is 0 Å². The van der Waals surface area contributed by atoms with E-state index in [1.807, 2.05) is 0 Å². The van der Waals surface area contributed by atoms with Gasteiger partial charge in [-0.05, 0) is 24.2 Å². The van der Waals surface area contributed by atoms with Crippen LogP contribution in [-0.2, 0) is 0 Å². The first-order valence-corrected chi connectivity index (χ1v) is 5.50. The van der Waals surface area contributed by atoms with E-state index < -0.39 is 0 Å². The van der Waals surface area contributed by atoms with Gasteiger partial charge in [-0.2, -0.15) is 0 Å². The van der Waals surface area contributed by atoms with Gasteiger partial charge in [0, 0.05) is 11.1 Å². The summed E-state index contributed by atoms with van der Waals surface area (Å²) in [4.78, 5) is 0. The molecule has 0 aromatic heterocycles. The Kier molecular flexibility index (Phi) is 3.08. The van der Waals surface area contributed by atoms with Crippen molar-refractivity contribution in [1.29, 1.82) is 0 Å². The molecule has 0 saturated heterocycles. The van der Waals surface area contributed by atoms with Crippen molar-refractivity contribution in [2.75, 3.05) is 0 Å². The van der Waals surface area contributed by atoms with E-state index >= 15 is 0 Å². The first-order chi connectivity index (χ1) is 6.41. The number of nitrogens with two attached hydrogens (primary N) is 1. The SMILES string of the molecule is C=CC1[C@@H](C)C(C)CC=C(N)C1(C)C. The lowest BCUT2D eigenvalue weighted by Gasteiger charge is -2.36. The molecule has 1 heteroatoms. The average Bonchev–Trinajstić information content (AvgIpc) is 2.18. The lowest BCUT2D eigenvalue weighted by molar-refractivity contribution is 0.199. The third-order valence-corrected chi connectivity index (χ3v) is 4.00. The van der Waals surface area contributed by atoms with Gasteiger partial charge in [-0.25, -0.2) is 0 Å². The van der Waals surface area contributed by atoms with Gasteiger partial charge >= 0.3 is 0 Å². The summed E-state index contributed by atoms with van der Waals surface area (Å²) in [5, 5.41) is 0. The number of allylic oxidation sites excluding steroid dienone is 3. The van der Waals surface area contributed by atoms with Crippen LogP contribution >= 0.6 is 0 Å². The Labute approximate surface area is 88.1 Å². The fourth-order valence-corrected chi connectivity index (χ4v) is 2.50. The van der Waals surface area contributed by atoms with E-state index in [0.717, 1.165) is 12.1 Å². The maximum Gasteiger partial charge on any atom is 0.0104 e. The van der Waals surface area contributed by atoms with E-state index in [2.05, 4.69) is 46.4 Å². The van der Waals surface area contributed by atoms with Crippen LogP contribution in [0, 0.1) is 23.2 Å². The topological polar surface area (TPSA) is 26.0 Å². The van der Waals surface area contributed by atoms with Crippen LogP contribution in [0.25, 0.3) is 0 Å². The standard InChI is InChI=1S/C13H23N/c1-6-11-10(3)9(2)7-8-12(14)13(11,4)5/h6,8-11H,1,7,14H2,2-5H3/t9?,10-,11?/m0/s1. The second-order valence-corrected chi connectivity index (χ2v) is 5.21. The minimum atomic E-state index is 0.0614. The normalized spacial score (nSPS) is 37.1. The Balaban J connectivity index is 3.08. The first kappa shape index (κ1) is 11.4. The zero-order valence-corrected chi connectivity index (χ0v) is 9.88. The molecule has 1 aliphatic rings. The predicted octanol–water partition coefficient (Wildman–Crippen LogP) is 3.33. The molecule has 1 rings (SSSR count). The molecule has 0 saturated carbocycles. The van der Waals surface area contributed by atoms with Crippen LogP contribution < -0.4 is 5.73 Å². The third-order valence-electron chi connectivity index (χ3n) is 4.00. The molecule has 2 N–H and O–H groups in total. The van der Waals surface area contributed by atoms with Gasteiger partial charge in [-0.15, -0.1) is 6.58 Å². The van der Waals surface area contributed by atoms with Gasteiger partial charge in [0.1, 0.15) is 0 Å². The molecule has 0 aliphatic heterocycles. The zero-order valence-electron chi connectivity index (χ0n) is 9.88. The molecule has 0 aromatic carbocycles. The highest BCUT2D eigenvalue weighted by atomic mass is 14.6. The zero-order chi connectivity index (χ0) is 10.9. The van der Waals surface area contributed by atoms with Crippen LogP contribution in [0.3, 0.4) is 0 Å². The minimum Gasteiger partial charge on any atom is -0.402 e. The van der Waals surface area contributed by atoms with Gasteiger partial charge in [0.05, 0.1) is 0 Å². The second-order valence-electron chi connectivity index (χ2n) is 5.21. The molecule has 0 heterocycles. The van der Waals surface area contributed by atoms with Crippen molar-refractivity contribution in [3.8, 4) is 0 Å². The molecule has 1 nitrogen and oxygen atoms in total. The summed E-state index contributed by atoms with van der Waals surface area (Å²) in [5.41, 5.74) is 7.20. The highest BCUT2D eigenvalue weighted by molar-refractivity contribution is 5.16. The quantitative estimate of drug-likeness (QED) is 0.635. The van der Waals surface area contributed by atoms with E-state index in [1.54, 1.807) is 0 Å². The van der Waals surface area contributed by atoms with Gasteiger partial charge < -0.3 is 5.73 Å². The number of hydrogen-bond acceptors (Lipinski definition) is 1. The van der Waals surface area contributed by atoms with Crippen molar-refractivity contribution >= 4 is 0 Å². The summed E-state index contributed by atoms with van der Waals surface area (Å²) < 4.78 is 0. The fourth-order valence-electron chi connectivity index (χ4n) is 2.50. The van der Waals surface area contributed by atoms with E-state index in [-0.39, 0.29) is 5.41 Å². The van der Waals surface area contributed by atoms with Gasteiger partial charge in [0.25, 0.3) is 0 Å². The number of rotatable bonds is 1. The molecule has 0 amide bonds. The highest BCUT2D eigenvalue weighted by Gasteiger charge is 2.37. The molecule has 0 radical (unpaired) electrons. The molecule has 1 aliphatic carbocycles. The van der Waals surface area contributed by atoms with Gasteiger partial charge in [0.15, 0.2) is 0 Å². The van der Waals surface area contributed by atoms with Crippen LogP contribution in [0.5, 0.6) is 0 Å². The molecule has 80 valence electrons. The molecule has 14 heavy (non-hydrogen) atoms. The fraction of sp³-hybridized carbons (Fsp3) is 0.692. The molecular formula is C13H23N. The maximum absolute atomic E-state index is 6.12. The summed E-state index contributed by atoms with van der Waals surface area (Å²) >= 11 is 0. The van der Waals surface area contributed by atoms with E-state index in [9.17, 15) is 0 Å². The first-order valence-electron chi connectivity index (χ1n) is 5.50. The Morgan fingerprint density at radius 2 is 2.07 bits per heavy atom. The van der Waals surface area contributed by atoms with Crippen molar-refractivity contribution in [3.05, 3.63) is 24.4 Å². The monoisotopic (exact) mass is 193 g/mol. The minimum absolute atomic E-state index is 0.0614. The Morgan fingerprint density at radius 1 is 1.50 bits per heavy atom. The van der Waals surface area contributed by atoms with E-state index in [0.29, 0.717) is 17.8 Å². The van der Waals surface area contributed by atoms with Crippen molar-refractivity contribution in [2.45, 2.75) is 34.1 Å². The number of hydrogen-bond donors (Lipinski definition) is 1. The summed E-state index contributed by atoms with van der Waals surface area (Å²) in [6, 6.07) is 0. The lowest BCUT2D eigenvalue weighted by atomic mass is 9.69. The highest BCUT2D eigenvalue weighted by Crippen LogP contribution is 2.43.